The molecule has 0 radical (unpaired) electrons. The molecule has 1 aromatic rings. The van der Waals surface area contributed by atoms with Crippen LogP contribution in [0.3, 0.4) is 0 Å². The molecule has 1 aromatic carbocycles. The third kappa shape index (κ3) is 2.65. The van der Waals surface area contributed by atoms with E-state index in [0.29, 0.717) is 29.9 Å². The number of hydrogen-bond acceptors (Lipinski definition) is 5. The molecule has 1 heterocycles. The van der Waals surface area contributed by atoms with Gasteiger partial charge in [-0.2, -0.15) is 5.26 Å². The van der Waals surface area contributed by atoms with Crippen LogP contribution < -0.4 is 10.5 Å². The summed E-state index contributed by atoms with van der Waals surface area (Å²) in [6.07, 6.45) is 1.06. The molecule has 5 heteroatoms. The number of hydrogen-bond donors (Lipinski definition) is 1. The Morgan fingerprint density at radius 2 is 1.96 bits per heavy atom. The van der Waals surface area contributed by atoms with Gasteiger partial charge >= 0.3 is 0 Å². The van der Waals surface area contributed by atoms with E-state index in [2.05, 4.69) is 6.07 Å². The van der Waals surface area contributed by atoms with E-state index in [1.54, 1.807) is 7.11 Å². The highest BCUT2D eigenvalue weighted by atomic mass is 16.5. The molecule has 24 heavy (non-hydrogen) atoms. The van der Waals surface area contributed by atoms with E-state index >= 15 is 0 Å². The number of benzene rings is 1. The first-order chi connectivity index (χ1) is 11.4. The zero-order valence-corrected chi connectivity index (χ0v) is 14.1. The number of Topliss-reactive ketones (excluding diaryl/α,β-unsaturated/α-hetero) is 1. The van der Waals surface area contributed by atoms with Gasteiger partial charge < -0.3 is 15.2 Å². The van der Waals surface area contributed by atoms with E-state index in [1.165, 1.54) is 0 Å². The van der Waals surface area contributed by atoms with Gasteiger partial charge in [0.1, 0.15) is 23.2 Å². The van der Waals surface area contributed by atoms with E-state index in [1.807, 2.05) is 38.1 Å². The average Bonchev–Trinajstić information content (AvgIpc) is 2.52. The van der Waals surface area contributed by atoms with Crippen LogP contribution in [0, 0.1) is 16.7 Å². The number of nitrogens with two attached hydrogens (primary N) is 1. The van der Waals surface area contributed by atoms with Crippen molar-refractivity contribution in [1.82, 2.24) is 0 Å². The predicted molar refractivity (Wildman–Crippen MR) is 88.7 cm³/mol. The Bertz CT molecular complexity index is 795. The molecule has 0 saturated heterocycles. The topological polar surface area (TPSA) is 85.3 Å². The monoisotopic (exact) mass is 324 g/mol. The molecular formula is C19H20N2O3. The molecule has 2 N–H and O–H groups in total. The standard InChI is InChI=1S/C19H20N2O3/c1-19(2)8-14(22)17-15(9-19)24-18(21)13(10-20)16(17)11-4-6-12(23-3)7-5-11/h4-7,16H,8-9,21H2,1-3H3/t16-/m0/s1. The molecule has 1 atom stereocenters. The van der Waals surface area contributed by atoms with Crippen molar-refractivity contribution in [3.63, 3.8) is 0 Å². The van der Waals surface area contributed by atoms with Gasteiger partial charge in [-0.25, -0.2) is 0 Å². The summed E-state index contributed by atoms with van der Waals surface area (Å²) in [5, 5.41) is 9.55. The molecule has 5 nitrogen and oxygen atoms in total. The first-order valence-electron chi connectivity index (χ1n) is 7.84. The smallest absolute Gasteiger partial charge is 0.205 e. The van der Waals surface area contributed by atoms with Gasteiger partial charge in [-0.3, -0.25) is 4.79 Å². The van der Waals surface area contributed by atoms with Crippen LogP contribution in [0.25, 0.3) is 0 Å². The summed E-state index contributed by atoms with van der Waals surface area (Å²) >= 11 is 0. The van der Waals surface area contributed by atoms with Gasteiger partial charge in [0, 0.05) is 18.4 Å². The molecule has 0 unspecified atom stereocenters. The first-order valence-corrected chi connectivity index (χ1v) is 7.84. The molecule has 3 rings (SSSR count). The number of ketones is 1. The van der Waals surface area contributed by atoms with Crippen molar-refractivity contribution < 1.29 is 14.3 Å². The Labute approximate surface area is 141 Å². The molecule has 0 bridgehead atoms. The lowest BCUT2D eigenvalue weighted by molar-refractivity contribution is -0.119. The zero-order chi connectivity index (χ0) is 17.5. The van der Waals surface area contributed by atoms with Crippen molar-refractivity contribution in [1.29, 1.82) is 5.26 Å². The summed E-state index contributed by atoms with van der Waals surface area (Å²) in [5.41, 5.74) is 7.48. The van der Waals surface area contributed by atoms with Crippen molar-refractivity contribution in [2.24, 2.45) is 11.1 Å². The zero-order valence-electron chi connectivity index (χ0n) is 14.1. The van der Waals surface area contributed by atoms with E-state index in [-0.39, 0.29) is 22.7 Å². The molecule has 124 valence electrons. The maximum Gasteiger partial charge on any atom is 0.205 e. The van der Waals surface area contributed by atoms with Gasteiger partial charge in [-0.1, -0.05) is 26.0 Å². The van der Waals surface area contributed by atoms with Crippen LogP contribution >= 0.6 is 0 Å². The summed E-state index contributed by atoms with van der Waals surface area (Å²) in [7, 11) is 1.59. The number of carbonyl (C=O) groups is 1. The van der Waals surface area contributed by atoms with Gasteiger partial charge in [0.15, 0.2) is 5.78 Å². The van der Waals surface area contributed by atoms with E-state index in [4.69, 9.17) is 15.2 Å². The fourth-order valence-corrected chi connectivity index (χ4v) is 3.41. The largest absolute Gasteiger partial charge is 0.497 e. The maximum absolute atomic E-state index is 12.8. The van der Waals surface area contributed by atoms with Crippen LogP contribution in [0.1, 0.15) is 38.2 Å². The van der Waals surface area contributed by atoms with Crippen molar-refractivity contribution in [2.75, 3.05) is 7.11 Å². The van der Waals surface area contributed by atoms with E-state index in [9.17, 15) is 10.1 Å². The highest BCUT2D eigenvalue weighted by molar-refractivity contribution is 6.00. The van der Waals surface area contributed by atoms with Gasteiger partial charge in [-0.15, -0.1) is 0 Å². The second-order valence-corrected chi connectivity index (χ2v) is 6.98. The Morgan fingerprint density at radius 3 is 2.54 bits per heavy atom. The number of allylic oxidation sites excluding steroid dienone is 3. The third-order valence-corrected chi connectivity index (χ3v) is 4.52. The van der Waals surface area contributed by atoms with Crippen LogP contribution in [0.15, 0.2) is 47.1 Å². The highest BCUT2D eigenvalue weighted by Gasteiger charge is 2.42. The number of ether oxygens (including phenoxy) is 2. The highest BCUT2D eigenvalue weighted by Crippen LogP contribution is 2.47. The second-order valence-electron chi connectivity index (χ2n) is 6.98. The summed E-state index contributed by atoms with van der Waals surface area (Å²) in [5.74, 6) is 0.929. The number of nitriles is 1. The van der Waals surface area contributed by atoms with Gasteiger partial charge in [0.2, 0.25) is 5.88 Å². The van der Waals surface area contributed by atoms with E-state index < -0.39 is 5.92 Å². The summed E-state index contributed by atoms with van der Waals surface area (Å²) in [4.78, 5) is 12.8. The minimum Gasteiger partial charge on any atom is -0.497 e. The van der Waals surface area contributed by atoms with Crippen LogP contribution in [0.5, 0.6) is 5.75 Å². The number of nitrogens with zero attached hydrogens (tertiary/aromatic N) is 1. The molecule has 0 aromatic heterocycles. The third-order valence-electron chi connectivity index (χ3n) is 4.52. The summed E-state index contributed by atoms with van der Waals surface area (Å²) < 4.78 is 10.8. The van der Waals surface area contributed by atoms with Crippen LogP contribution in [-0.4, -0.2) is 12.9 Å². The lowest BCUT2D eigenvalue weighted by Crippen LogP contribution is -2.33. The second kappa shape index (κ2) is 5.72. The van der Waals surface area contributed by atoms with Crippen LogP contribution in [0.2, 0.25) is 0 Å². The number of methoxy groups -OCH3 is 1. The minimum atomic E-state index is -0.478. The first kappa shape index (κ1) is 16.1. The molecule has 2 aliphatic rings. The van der Waals surface area contributed by atoms with Gasteiger partial charge in [0.05, 0.1) is 13.0 Å². The van der Waals surface area contributed by atoms with Crippen molar-refractivity contribution >= 4 is 5.78 Å². The Balaban J connectivity index is 2.14. The van der Waals surface area contributed by atoms with Gasteiger partial charge in [-0.05, 0) is 23.1 Å². The number of carbonyl (C=O) groups excluding carboxylic acids is 1. The fourth-order valence-electron chi connectivity index (χ4n) is 3.41. The Hall–Kier alpha value is -2.74. The van der Waals surface area contributed by atoms with Crippen molar-refractivity contribution in [3.05, 3.63) is 52.6 Å². The quantitative estimate of drug-likeness (QED) is 0.903. The van der Waals surface area contributed by atoms with Gasteiger partial charge in [0.25, 0.3) is 0 Å². The summed E-state index contributed by atoms with van der Waals surface area (Å²) in [6.45, 7) is 4.06. The van der Waals surface area contributed by atoms with Crippen molar-refractivity contribution in [2.45, 2.75) is 32.6 Å². The van der Waals surface area contributed by atoms with E-state index in [0.717, 1.165) is 5.56 Å². The Kier molecular flexibility index (Phi) is 3.84. The fraction of sp³-hybridized carbons (Fsp3) is 0.368. The molecule has 0 amide bonds. The average molecular weight is 324 g/mol. The van der Waals surface area contributed by atoms with Crippen molar-refractivity contribution in [3.8, 4) is 11.8 Å². The lowest BCUT2D eigenvalue weighted by Gasteiger charge is -2.37. The molecule has 0 fully saturated rings. The SMILES string of the molecule is COc1ccc([C@H]2C(C#N)=C(N)OC3=C2C(=O)CC(C)(C)C3)cc1. The molecule has 1 aliphatic heterocycles. The predicted octanol–water partition coefficient (Wildman–Crippen LogP) is 3.15. The molecule has 0 spiro atoms. The Morgan fingerprint density at radius 1 is 1.29 bits per heavy atom. The van der Waals surface area contributed by atoms with Crippen LogP contribution in [-0.2, 0) is 9.53 Å². The van der Waals surface area contributed by atoms with Crippen LogP contribution in [0.4, 0.5) is 0 Å². The normalized spacial score (nSPS) is 22.6. The minimum absolute atomic E-state index is 0.0160. The molecule has 0 saturated carbocycles. The summed E-state index contributed by atoms with van der Waals surface area (Å²) in [6, 6.07) is 9.46. The molecular weight excluding hydrogens is 304 g/mol. The number of rotatable bonds is 2. The maximum atomic E-state index is 12.8. The molecule has 1 aliphatic carbocycles. The lowest BCUT2D eigenvalue weighted by atomic mass is 9.70.